The maximum atomic E-state index is 12.5. The number of nitrogens with zero attached hydrogens (tertiary/aromatic N) is 1. The summed E-state index contributed by atoms with van der Waals surface area (Å²) in [7, 11) is 1.64. The van der Waals surface area contributed by atoms with Crippen LogP contribution in [0.2, 0.25) is 0 Å². The van der Waals surface area contributed by atoms with Crippen molar-refractivity contribution in [1.29, 1.82) is 0 Å². The van der Waals surface area contributed by atoms with E-state index in [-0.39, 0.29) is 5.91 Å². The Kier molecular flexibility index (Phi) is 5.45. The number of benzene rings is 1. The van der Waals surface area contributed by atoms with Crippen molar-refractivity contribution in [3.05, 3.63) is 34.3 Å². The highest BCUT2D eigenvalue weighted by Crippen LogP contribution is 2.26. The average molecular weight is 352 g/mol. The highest BCUT2D eigenvalue weighted by molar-refractivity contribution is 9.10. The Balaban J connectivity index is 2.16. The third-order valence-corrected chi connectivity index (χ3v) is 4.54. The number of hydrogen-bond donors (Lipinski definition) is 0. The monoisotopic (exact) mass is 351 g/mol. The fourth-order valence-corrected chi connectivity index (χ4v) is 3.32. The van der Waals surface area contributed by atoms with E-state index in [1.807, 2.05) is 29.2 Å². The summed E-state index contributed by atoms with van der Waals surface area (Å²) in [4.78, 5) is 14.5. The van der Waals surface area contributed by atoms with Gasteiger partial charge in [0.2, 0.25) is 5.91 Å². The van der Waals surface area contributed by atoms with Crippen LogP contribution in [0.1, 0.15) is 38.7 Å². The minimum atomic E-state index is 0.0803. The van der Waals surface area contributed by atoms with Gasteiger partial charge in [0.05, 0.1) is 7.11 Å². The molecule has 1 heterocycles. The average Bonchev–Trinajstić information content (AvgIpc) is 2.45. The molecule has 2 atom stereocenters. The molecule has 114 valence electrons. The van der Waals surface area contributed by atoms with E-state index in [9.17, 15) is 4.79 Å². The van der Waals surface area contributed by atoms with E-state index in [1.165, 1.54) is 6.42 Å². The zero-order valence-electron chi connectivity index (χ0n) is 12.8. The maximum absolute atomic E-state index is 12.5. The van der Waals surface area contributed by atoms with Gasteiger partial charge in [-0.1, -0.05) is 15.9 Å². The van der Waals surface area contributed by atoms with Gasteiger partial charge in [-0.3, -0.25) is 4.79 Å². The summed E-state index contributed by atoms with van der Waals surface area (Å²) in [6.07, 6.45) is 6.87. The Morgan fingerprint density at radius 2 is 2.00 bits per heavy atom. The number of piperidine rings is 1. The number of ether oxygens (including phenoxy) is 1. The van der Waals surface area contributed by atoms with Crippen LogP contribution in [0.25, 0.3) is 6.08 Å². The van der Waals surface area contributed by atoms with Crippen molar-refractivity contribution in [2.45, 2.75) is 45.2 Å². The standard InChI is InChI=1S/C17H22BrNO2/c1-12-5-4-6-13(2)19(12)17(20)10-7-14-11-15(18)8-9-16(14)21-3/h7-13H,4-6H2,1-3H3/b10-7+. The third kappa shape index (κ3) is 3.88. The van der Waals surface area contributed by atoms with E-state index in [0.29, 0.717) is 12.1 Å². The number of hydrogen-bond acceptors (Lipinski definition) is 2. The molecule has 1 aliphatic heterocycles. The van der Waals surface area contributed by atoms with Crippen LogP contribution >= 0.6 is 15.9 Å². The van der Waals surface area contributed by atoms with Crippen molar-refractivity contribution in [3.8, 4) is 5.75 Å². The molecule has 0 aromatic heterocycles. The van der Waals surface area contributed by atoms with Crippen molar-refractivity contribution in [2.75, 3.05) is 7.11 Å². The normalized spacial score (nSPS) is 22.6. The van der Waals surface area contributed by atoms with Crippen LogP contribution in [-0.4, -0.2) is 30.0 Å². The molecule has 21 heavy (non-hydrogen) atoms. The molecule has 1 saturated heterocycles. The molecule has 0 bridgehead atoms. The Hall–Kier alpha value is -1.29. The quantitative estimate of drug-likeness (QED) is 0.761. The van der Waals surface area contributed by atoms with Crippen LogP contribution < -0.4 is 4.74 Å². The number of amides is 1. The Bertz CT molecular complexity index is 532. The molecule has 1 aromatic rings. The van der Waals surface area contributed by atoms with Gasteiger partial charge < -0.3 is 9.64 Å². The first-order valence-electron chi connectivity index (χ1n) is 7.37. The first kappa shape index (κ1) is 16.1. The van der Waals surface area contributed by atoms with E-state index in [2.05, 4.69) is 29.8 Å². The van der Waals surface area contributed by atoms with E-state index >= 15 is 0 Å². The van der Waals surface area contributed by atoms with Gasteiger partial charge in [0.1, 0.15) is 5.75 Å². The van der Waals surface area contributed by atoms with Crippen LogP contribution in [0, 0.1) is 0 Å². The van der Waals surface area contributed by atoms with Gasteiger partial charge in [-0.15, -0.1) is 0 Å². The van der Waals surface area contributed by atoms with E-state index in [4.69, 9.17) is 4.74 Å². The molecule has 0 spiro atoms. The lowest BCUT2D eigenvalue weighted by Crippen LogP contribution is -2.46. The van der Waals surface area contributed by atoms with Gasteiger partial charge in [0.25, 0.3) is 0 Å². The van der Waals surface area contributed by atoms with Crippen molar-refractivity contribution >= 4 is 27.9 Å². The predicted octanol–water partition coefficient (Wildman–Crippen LogP) is 4.26. The Morgan fingerprint density at radius 1 is 1.33 bits per heavy atom. The zero-order chi connectivity index (χ0) is 15.4. The van der Waals surface area contributed by atoms with Crippen LogP contribution in [0.3, 0.4) is 0 Å². The second-order valence-corrected chi connectivity index (χ2v) is 6.51. The summed E-state index contributed by atoms with van der Waals surface area (Å²) in [5.74, 6) is 0.846. The predicted molar refractivity (Wildman–Crippen MR) is 89.3 cm³/mol. The first-order valence-corrected chi connectivity index (χ1v) is 8.16. The molecule has 4 heteroatoms. The van der Waals surface area contributed by atoms with Crippen molar-refractivity contribution in [3.63, 3.8) is 0 Å². The number of likely N-dealkylation sites (tertiary alicyclic amines) is 1. The van der Waals surface area contributed by atoms with E-state index in [1.54, 1.807) is 13.2 Å². The first-order chi connectivity index (χ1) is 10.0. The SMILES string of the molecule is COc1ccc(Br)cc1/C=C/C(=O)N1C(C)CCCC1C. The molecular formula is C17H22BrNO2. The second-order valence-electron chi connectivity index (χ2n) is 5.59. The van der Waals surface area contributed by atoms with Gasteiger partial charge in [0, 0.05) is 28.2 Å². The molecule has 1 fully saturated rings. The largest absolute Gasteiger partial charge is 0.496 e. The highest BCUT2D eigenvalue weighted by Gasteiger charge is 2.27. The van der Waals surface area contributed by atoms with Gasteiger partial charge in [0.15, 0.2) is 0 Å². The van der Waals surface area contributed by atoms with E-state index in [0.717, 1.165) is 28.6 Å². The van der Waals surface area contributed by atoms with Crippen LogP contribution in [-0.2, 0) is 4.79 Å². The minimum absolute atomic E-state index is 0.0803. The molecule has 1 aromatic carbocycles. The molecule has 3 nitrogen and oxygen atoms in total. The Morgan fingerprint density at radius 3 is 2.62 bits per heavy atom. The summed E-state index contributed by atoms with van der Waals surface area (Å²) in [5.41, 5.74) is 0.901. The summed E-state index contributed by atoms with van der Waals surface area (Å²) in [6, 6.07) is 6.39. The van der Waals surface area contributed by atoms with Gasteiger partial charge >= 0.3 is 0 Å². The number of rotatable bonds is 3. The van der Waals surface area contributed by atoms with Crippen molar-refractivity contribution in [2.24, 2.45) is 0 Å². The highest BCUT2D eigenvalue weighted by atomic mass is 79.9. The van der Waals surface area contributed by atoms with Crippen molar-refractivity contribution < 1.29 is 9.53 Å². The van der Waals surface area contributed by atoms with Crippen molar-refractivity contribution in [1.82, 2.24) is 4.90 Å². The van der Waals surface area contributed by atoms with Gasteiger partial charge in [-0.25, -0.2) is 0 Å². The lowest BCUT2D eigenvalue weighted by Gasteiger charge is -2.38. The molecule has 0 aliphatic carbocycles. The fraction of sp³-hybridized carbons (Fsp3) is 0.471. The molecule has 2 rings (SSSR count). The molecule has 0 saturated carbocycles. The zero-order valence-corrected chi connectivity index (χ0v) is 14.4. The summed E-state index contributed by atoms with van der Waals surface area (Å²) in [6.45, 7) is 4.25. The minimum Gasteiger partial charge on any atom is -0.496 e. The lowest BCUT2D eigenvalue weighted by atomic mass is 9.97. The number of methoxy groups -OCH3 is 1. The van der Waals surface area contributed by atoms with Crippen LogP contribution in [0.15, 0.2) is 28.7 Å². The number of halogens is 1. The molecule has 2 unspecified atom stereocenters. The fourth-order valence-electron chi connectivity index (χ4n) is 2.94. The van der Waals surface area contributed by atoms with Gasteiger partial charge in [-0.05, 0) is 57.4 Å². The maximum Gasteiger partial charge on any atom is 0.247 e. The molecule has 0 N–H and O–H groups in total. The smallest absolute Gasteiger partial charge is 0.247 e. The molecular weight excluding hydrogens is 330 g/mol. The summed E-state index contributed by atoms with van der Waals surface area (Å²) in [5, 5.41) is 0. The molecule has 1 aliphatic rings. The van der Waals surface area contributed by atoms with Gasteiger partial charge in [-0.2, -0.15) is 0 Å². The lowest BCUT2D eigenvalue weighted by molar-refractivity contribution is -0.131. The van der Waals surface area contributed by atoms with Crippen LogP contribution in [0.5, 0.6) is 5.75 Å². The third-order valence-electron chi connectivity index (χ3n) is 4.05. The summed E-state index contributed by atoms with van der Waals surface area (Å²) < 4.78 is 6.29. The number of carbonyl (C=O) groups excluding carboxylic acids is 1. The Labute approximate surface area is 135 Å². The van der Waals surface area contributed by atoms with E-state index < -0.39 is 0 Å². The summed E-state index contributed by atoms with van der Waals surface area (Å²) >= 11 is 3.44. The topological polar surface area (TPSA) is 29.5 Å². The van der Waals surface area contributed by atoms with Crippen LogP contribution in [0.4, 0.5) is 0 Å². The molecule has 1 amide bonds. The number of carbonyl (C=O) groups is 1. The molecule has 0 radical (unpaired) electrons. The second kappa shape index (κ2) is 7.12.